The third kappa shape index (κ3) is 5.94. The molecule has 2 N–H and O–H groups in total. The van der Waals surface area contributed by atoms with E-state index in [0.29, 0.717) is 0 Å². The van der Waals surface area contributed by atoms with Crippen LogP contribution in [0.3, 0.4) is 0 Å². The van der Waals surface area contributed by atoms with E-state index in [1.165, 1.54) is 19.2 Å². The quantitative estimate of drug-likeness (QED) is 0.437. The van der Waals surface area contributed by atoms with Crippen molar-refractivity contribution in [3.63, 3.8) is 0 Å². The number of nitro groups is 1. The van der Waals surface area contributed by atoms with Gasteiger partial charge in [0.15, 0.2) is 12.4 Å². The number of hydrogen-bond donors (Lipinski definition) is 2. The number of carbonyl (C=O) groups excluding carboxylic acids is 3. The maximum Gasteiger partial charge on any atom is 0.338 e. The van der Waals surface area contributed by atoms with Crippen LogP contribution in [0.15, 0.2) is 18.2 Å². The summed E-state index contributed by atoms with van der Waals surface area (Å²) in [6.07, 6.45) is 4.94. The van der Waals surface area contributed by atoms with Gasteiger partial charge in [-0.1, -0.05) is 19.3 Å². The van der Waals surface area contributed by atoms with Crippen LogP contribution in [0.1, 0.15) is 42.5 Å². The van der Waals surface area contributed by atoms with Crippen molar-refractivity contribution in [1.29, 1.82) is 0 Å². The molecule has 0 aliphatic heterocycles. The molecule has 1 saturated carbocycles. The summed E-state index contributed by atoms with van der Waals surface area (Å²) >= 11 is 0. The highest BCUT2D eigenvalue weighted by Gasteiger charge is 2.20. The SMILES string of the molecule is COc1ccc(C(=O)OCC(=O)NC(=O)NC2CCCCC2)cc1[N+](=O)[O-]. The van der Waals surface area contributed by atoms with Gasteiger partial charge in [-0.25, -0.2) is 9.59 Å². The van der Waals surface area contributed by atoms with Crippen LogP contribution in [0.25, 0.3) is 0 Å². The molecule has 10 heteroatoms. The van der Waals surface area contributed by atoms with Gasteiger partial charge in [0, 0.05) is 12.1 Å². The van der Waals surface area contributed by atoms with Crippen LogP contribution in [0.5, 0.6) is 5.75 Å². The number of ether oxygens (including phenoxy) is 2. The van der Waals surface area contributed by atoms with E-state index in [4.69, 9.17) is 9.47 Å². The Bertz CT molecular complexity index is 729. The standard InChI is InChI=1S/C17H21N3O7/c1-26-14-8-7-11(9-13(14)20(24)25)16(22)27-10-15(21)19-17(23)18-12-5-3-2-4-6-12/h7-9,12H,2-6,10H2,1H3,(H2,18,19,21,23). The van der Waals surface area contributed by atoms with Crippen LogP contribution in [-0.2, 0) is 9.53 Å². The summed E-state index contributed by atoms with van der Waals surface area (Å²) in [5, 5.41) is 15.8. The molecule has 1 aromatic carbocycles. The minimum absolute atomic E-state index is 0.00585. The number of nitrogens with zero attached hydrogens (tertiary/aromatic N) is 1. The monoisotopic (exact) mass is 379 g/mol. The van der Waals surface area contributed by atoms with Crippen LogP contribution >= 0.6 is 0 Å². The molecule has 0 atom stereocenters. The van der Waals surface area contributed by atoms with Crippen molar-refractivity contribution >= 4 is 23.6 Å². The van der Waals surface area contributed by atoms with E-state index < -0.39 is 35.1 Å². The van der Waals surface area contributed by atoms with E-state index in [-0.39, 0.29) is 17.4 Å². The maximum atomic E-state index is 12.0. The minimum atomic E-state index is -0.927. The van der Waals surface area contributed by atoms with Gasteiger partial charge < -0.3 is 14.8 Å². The summed E-state index contributed by atoms with van der Waals surface area (Å²) < 4.78 is 9.64. The average Bonchev–Trinajstić information content (AvgIpc) is 2.66. The first kappa shape index (κ1) is 20.1. The highest BCUT2D eigenvalue weighted by molar-refractivity contribution is 5.97. The molecule has 0 aromatic heterocycles. The molecule has 146 valence electrons. The molecule has 0 radical (unpaired) electrons. The fourth-order valence-corrected chi connectivity index (χ4v) is 2.81. The maximum absolute atomic E-state index is 12.0. The first-order chi connectivity index (χ1) is 12.9. The van der Waals surface area contributed by atoms with E-state index in [1.54, 1.807) is 0 Å². The second-order valence-electron chi connectivity index (χ2n) is 6.08. The molecule has 1 aliphatic rings. The molecule has 10 nitrogen and oxygen atoms in total. The Kier molecular flexibility index (Phi) is 7.09. The number of amides is 3. The number of hydrogen-bond acceptors (Lipinski definition) is 7. The summed E-state index contributed by atoms with van der Waals surface area (Å²) in [5.74, 6) is -1.73. The van der Waals surface area contributed by atoms with E-state index >= 15 is 0 Å². The molecule has 0 heterocycles. The number of benzene rings is 1. The second-order valence-corrected chi connectivity index (χ2v) is 6.08. The predicted molar refractivity (Wildman–Crippen MR) is 93.5 cm³/mol. The van der Waals surface area contributed by atoms with Gasteiger partial charge in [-0.2, -0.15) is 0 Å². The van der Waals surface area contributed by atoms with E-state index in [2.05, 4.69) is 10.6 Å². The molecule has 0 unspecified atom stereocenters. The number of urea groups is 1. The van der Waals surface area contributed by atoms with Crippen LogP contribution < -0.4 is 15.4 Å². The van der Waals surface area contributed by atoms with E-state index in [1.807, 2.05) is 0 Å². The Morgan fingerprint density at radius 2 is 1.93 bits per heavy atom. The molecular weight excluding hydrogens is 358 g/mol. The topological polar surface area (TPSA) is 137 Å². The Morgan fingerprint density at radius 1 is 1.22 bits per heavy atom. The van der Waals surface area contributed by atoms with Crippen molar-refractivity contribution in [1.82, 2.24) is 10.6 Å². The predicted octanol–water partition coefficient (Wildman–Crippen LogP) is 1.92. The molecule has 3 amide bonds. The summed E-state index contributed by atoms with van der Waals surface area (Å²) in [6, 6.07) is 2.93. The van der Waals surface area contributed by atoms with Gasteiger partial charge in [-0.15, -0.1) is 0 Å². The van der Waals surface area contributed by atoms with Crippen LogP contribution in [0.2, 0.25) is 0 Å². The number of esters is 1. The number of imide groups is 1. The van der Waals surface area contributed by atoms with Crippen molar-refractivity contribution in [3.05, 3.63) is 33.9 Å². The largest absolute Gasteiger partial charge is 0.490 e. The molecular formula is C17H21N3O7. The molecule has 27 heavy (non-hydrogen) atoms. The first-order valence-electron chi connectivity index (χ1n) is 8.50. The number of nitrogens with one attached hydrogen (secondary N) is 2. The zero-order valence-electron chi connectivity index (χ0n) is 14.9. The third-order valence-corrected chi connectivity index (χ3v) is 4.14. The van der Waals surface area contributed by atoms with Gasteiger partial charge >= 0.3 is 17.7 Å². The highest BCUT2D eigenvalue weighted by atomic mass is 16.6. The van der Waals surface area contributed by atoms with Crippen molar-refractivity contribution in [2.45, 2.75) is 38.1 Å². The van der Waals surface area contributed by atoms with Gasteiger partial charge in [-0.3, -0.25) is 20.2 Å². The number of rotatable bonds is 6. The summed E-state index contributed by atoms with van der Waals surface area (Å²) in [6.45, 7) is -0.684. The van der Waals surface area contributed by atoms with Crippen LogP contribution in [0.4, 0.5) is 10.5 Å². The molecule has 1 fully saturated rings. The fraction of sp³-hybridized carbons (Fsp3) is 0.471. The van der Waals surface area contributed by atoms with Crippen LogP contribution in [0, 0.1) is 10.1 Å². The van der Waals surface area contributed by atoms with Crippen molar-refractivity contribution < 1.29 is 28.8 Å². The van der Waals surface area contributed by atoms with Crippen LogP contribution in [-0.4, -0.2) is 42.6 Å². The lowest BCUT2D eigenvalue weighted by atomic mass is 9.96. The lowest BCUT2D eigenvalue weighted by molar-refractivity contribution is -0.385. The van der Waals surface area contributed by atoms with Gasteiger partial charge in [0.2, 0.25) is 0 Å². The van der Waals surface area contributed by atoms with Crippen molar-refractivity contribution in [2.75, 3.05) is 13.7 Å². The minimum Gasteiger partial charge on any atom is -0.490 e. The van der Waals surface area contributed by atoms with Gasteiger partial charge in [-0.05, 0) is 25.0 Å². The molecule has 0 saturated heterocycles. The smallest absolute Gasteiger partial charge is 0.338 e. The Morgan fingerprint density at radius 3 is 2.56 bits per heavy atom. The average molecular weight is 379 g/mol. The van der Waals surface area contributed by atoms with Crippen molar-refractivity contribution in [2.24, 2.45) is 0 Å². The summed E-state index contributed by atoms with van der Waals surface area (Å²) in [5.41, 5.74) is -0.509. The normalized spacial score (nSPS) is 14.1. The van der Waals surface area contributed by atoms with Gasteiger partial charge in [0.25, 0.3) is 5.91 Å². The Balaban J connectivity index is 1.83. The number of nitro benzene ring substituents is 1. The molecule has 0 bridgehead atoms. The lowest BCUT2D eigenvalue weighted by Crippen LogP contribution is -2.46. The number of carbonyl (C=O) groups is 3. The number of methoxy groups -OCH3 is 1. The highest BCUT2D eigenvalue weighted by Crippen LogP contribution is 2.27. The Hall–Kier alpha value is -3.17. The molecule has 0 spiro atoms. The summed E-state index contributed by atoms with van der Waals surface area (Å²) in [4.78, 5) is 45.7. The molecule has 1 aromatic rings. The molecule has 1 aliphatic carbocycles. The van der Waals surface area contributed by atoms with Gasteiger partial charge in [0.05, 0.1) is 17.6 Å². The zero-order chi connectivity index (χ0) is 19.8. The second kappa shape index (κ2) is 9.51. The first-order valence-corrected chi connectivity index (χ1v) is 8.50. The van der Waals surface area contributed by atoms with E-state index in [9.17, 15) is 24.5 Å². The van der Waals surface area contributed by atoms with Gasteiger partial charge in [0.1, 0.15) is 0 Å². The summed E-state index contributed by atoms with van der Waals surface area (Å²) in [7, 11) is 1.27. The Labute approximate surface area is 155 Å². The van der Waals surface area contributed by atoms with E-state index in [0.717, 1.165) is 38.2 Å². The third-order valence-electron chi connectivity index (χ3n) is 4.14. The fourth-order valence-electron chi connectivity index (χ4n) is 2.81. The van der Waals surface area contributed by atoms with Crippen molar-refractivity contribution in [3.8, 4) is 5.75 Å². The zero-order valence-corrected chi connectivity index (χ0v) is 14.9. The molecule has 2 rings (SSSR count). The lowest BCUT2D eigenvalue weighted by Gasteiger charge is -2.22.